The van der Waals surface area contributed by atoms with E-state index >= 15 is 0 Å². The van der Waals surface area contributed by atoms with Crippen molar-refractivity contribution in [2.24, 2.45) is 0 Å². The van der Waals surface area contributed by atoms with E-state index in [0.717, 1.165) is 4.90 Å². The van der Waals surface area contributed by atoms with Crippen molar-refractivity contribution in [3.05, 3.63) is 0 Å². The Morgan fingerprint density at radius 3 is 2.54 bits per heavy atom. The van der Waals surface area contributed by atoms with Crippen LogP contribution in [0.15, 0.2) is 0 Å². The second-order valence-corrected chi connectivity index (χ2v) is 3.05. The van der Waals surface area contributed by atoms with E-state index in [0.29, 0.717) is 6.42 Å². The fourth-order valence-corrected chi connectivity index (χ4v) is 1.19. The Bertz CT molecular complexity index is 242. The lowest BCUT2D eigenvalue weighted by Crippen LogP contribution is -2.55. The molecule has 1 aliphatic heterocycles. The molecule has 0 aromatic rings. The number of carbonyl (C=O) groups excluding carboxylic acids is 3. The normalized spacial score (nSPS) is 20.2. The van der Waals surface area contributed by atoms with E-state index in [1.807, 2.05) is 6.92 Å². The van der Waals surface area contributed by atoms with E-state index in [1.54, 1.807) is 6.92 Å². The van der Waals surface area contributed by atoms with Crippen molar-refractivity contribution < 1.29 is 14.4 Å². The Labute approximate surface area is 76.1 Å². The van der Waals surface area contributed by atoms with Crippen LogP contribution in [0.5, 0.6) is 0 Å². The minimum absolute atomic E-state index is 0.152. The number of urea groups is 1. The van der Waals surface area contributed by atoms with Crippen LogP contribution < -0.4 is 5.32 Å². The fourth-order valence-electron chi connectivity index (χ4n) is 1.19. The first kappa shape index (κ1) is 9.70. The van der Waals surface area contributed by atoms with Gasteiger partial charge in [0.15, 0.2) is 0 Å². The number of nitrogens with one attached hydrogen (secondary N) is 1. The molecule has 1 atom stereocenters. The first-order valence-corrected chi connectivity index (χ1v) is 4.22. The summed E-state index contributed by atoms with van der Waals surface area (Å²) in [4.78, 5) is 34.3. The molecule has 5 heteroatoms. The molecule has 1 heterocycles. The van der Waals surface area contributed by atoms with Gasteiger partial charge in [0.05, 0.1) is 0 Å². The molecule has 1 saturated heterocycles. The standard InChI is InChI=1S/C8H12N2O3/c1-3-5(2)10-7(12)4-6(11)9-8(10)13/h5H,3-4H2,1-2H3,(H,9,11,13)/t5-/m1/s1. The van der Waals surface area contributed by atoms with Gasteiger partial charge in [-0.15, -0.1) is 0 Å². The number of amides is 4. The predicted octanol–water partition coefficient (Wildman–Crippen LogP) is 0.253. The summed E-state index contributed by atoms with van der Waals surface area (Å²) in [6.45, 7) is 3.65. The topological polar surface area (TPSA) is 66.5 Å². The van der Waals surface area contributed by atoms with Crippen LogP contribution in [0.1, 0.15) is 26.7 Å². The predicted molar refractivity (Wildman–Crippen MR) is 44.8 cm³/mol. The van der Waals surface area contributed by atoms with Gasteiger partial charge in [-0.2, -0.15) is 0 Å². The minimum Gasteiger partial charge on any atom is -0.277 e. The Morgan fingerprint density at radius 1 is 1.46 bits per heavy atom. The van der Waals surface area contributed by atoms with Crippen molar-refractivity contribution in [3.63, 3.8) is 0 Å². The summed E-state index contributed by atoms with van der Waals surface area (Å²) in [5.74, 6) is -0.933. The maximum Gasteiger partial charge on any atom is 0.331 e. The highest BCUT2D eigenvalue weighted by molar-refractivity contribution is 6.14. The Kier molecular flexibility index (Phi) is 2.65. The van der Waals surface area contributed by atoms with Crippen LogP contribution in [-0.4, -0.2) is 28.8 Å². The van der Waals surface area contributed by atoms with Gasteiger partial charge in [-0.25, -0.2) is 4.79 Å². The van der Waals surface area contributed by atoms with Crippen molar-refractivity contribution >= 4 is 17.8 Å². The molecule has 0 unspecified atom stereocenters. The second-order valence-electron chi connectivity index (χ2n) is 3.05. The number of rotatable bonds is 2. The van der Waals surface area contributed by atoms with Gasteiger partial charge in [-0.1, -0.05) is 6.92 Å². The zero-order chi connectivity index (χ0) is 10.0. The third-order valence-electron chi connectivity index (χ3n) is 2.08. The van der Waals surface area contributed by atoms with Gasteiger partial charge >= 0.3 is 6.03 Å². The third kappa shape index (κ3) is 1.85. The highest BCUT2D eigenvalue weighted by atomic mass is 16.2. The molecule has 0 radical (unpaired) electrons. The van der Waals surface area contributed by atoms with E-state index in [1.165, 1.54) is 0 Å². The third-order valence-corrected chi connectivity index (χ3v) is 2.08. The largest absolute Gasteiger partial charge is 0.331 e. The van der Waals surface area contributed by atoms with Gasteiger partial charge in [0.1, 0.15) is 6.42 Å². The highest BCUT2D eigenvalue weighted by Gasteiger charge is 2.33. The van der Waals surface area contributed by atoms with Crippen LogP contribution in [0.25, 0.3) is 0 Å². The minimum atomic E-state index is -0.601. The second kappa shape index (κ2) is 3.55. The van der Waals surface area contributed by atoms with Gasteiger partial charge < -0.3 is 0 Å². The molecule has 1 aliphatic rings. The number of barbiturate groups is 1. The van der Waals surface area contributed by atoms with Gasteiger partial charge in [-0.3, -0.25) is 19.8 Å². The SMILES string of the molecule is CC[C@@H](C)N1C(=O)CC(=O)NC1=O. The van der Waals surface area contributed by atoms with Crippen LogP contribution in [0.3, 0.4) is 0 Å². The molecule has 0 saturated carbocycles. The van der Waals surface area contributed by atoms with Crippen LogP contribution in [0.4, 0.5) is 4.79 Å². The number of hydrogen-bond acceptors (Lipinski definition) is 3. The molecule has 0 aliphatic carbocycles. The Hall–Kier alpha value is -1.39. The summed E-state index contributed by atoms with van der Waals surface area (Å²) in [6.07, 6.45) is 0.462. The van der Waals surface area contributed by atoms with Gasteiger partial charge in [0, 0.05) is 6.04 Å². The molecule has 1 N–H and O–H groups in total. The van der Waals surface area contributed by atoms with Crippen molar-refractivity contribution in [3.8, 4) is 0 Å². The molecule has 5 nitrogen and oxygen atoms in total. The van der Waals surface area contributed by atoms with Crippen molar-refractivity contribution in [2.45, 2.75) is 32.7 Å². The Morgan fingerprint density at radius 2 is 2.08 bits per heavy atom. The molecule has 1 rings (SSSR count). The molecule has 0 aromatic heterocycles. The monoisotopic (exact) mass is 184 g/mol. The quantitative estimate of drug-likeness (QED) is 0.626. The van der Waals surface area contributed by atoms with Crippen LogP contribution >= 0.6 is 0 Å². The molecule has 13 heavy (non-hydrogen) atoms. The first-order valence-electron chi connectivity index (χ1n) is 4.22. The van der Waals surface area contributed by atoms with Crippen molar-refractivity contribution in [1.29, 1.82) is 0 Å². The van der Waals surface area contributed by atoms with Crippen molar-refractivity contribution in [2.75, 3.05) is 0 Å². The lowest BCUT2D eigenvalue weighted by Gasteiger charge is -2.29. The van der Waals surface area contributed by atoms with E-state index in [2.05, 4.69) is 5.32 Å². The summed E-state index contributed by atoms with van der Waals surface area (Å²) in [5.41, 5.74) is 0. The fraction of sp³-hybridized carbons (Fsp3) is 0.625. The summed E-state index contributed by atoms with van der Waals surface area (Å²) in [7, 11) is 0. The summed E-state index contributed by atoms with van der Waals surface area (Å²) in [6, 6.07) is -0.754. The highest BCUT2D eigenvalue weighted by Crippen LogP contribution is 2.09. The summed E-state index contributed by atoms with van der Waals surface area (Å²) >= 11 is 0. The van der Waals surface area contributed by atoms with Crippen LogP contribution in [0.2, 0.25) is 0 Å². The molecule has 4 amide bonds. The van der Waals surface area contributed by atoms with Gasteiger partial charge in [0.25, 0.3) is 0 Å². The maximum absolute atomic E-state index is 11.3. The molecule has 72 valence electrons. The van der Waals surface area contributed by atoms with E-state index in [-0.39, 0.29) is 12.5 Å². The molecular weight excluding hydrogens is 172 g/mol. The molecule has 0 bridgehead atoms. The van der Waals surface area contributed by atoms with Crippen LogP contribution in [0, 0.1) is 0 Å². The van der Waals surface area contributed by atoms with E-state index in [4.69, 9.17) is 0 Å². The van der Waals surface area contributed by atoms with Gasteiger partial charge in [0.2, 0.25) is 11.8 Å². The van der Waals surface area contributed by atoms with Crippen LogP contribution in [-0.2, 0) is 9.59 Å². The Balaban J connectivity index is 2.78. The zero-order valence-corrected chi connectivity index (χ0v) is 7.66. The number of hydrogen-bond donors (Lipinski definition) is 1. The molecular formula is C8H12N2O3. The van der Waals surface area contributed by atoms with E-state index < -0.39 is 17.8 Å². The number of imide groups is 2. The molecule has 0 aromatic carbocycles. The maximum atomic E-state index is 11.3. The van der Waals surface area contributed by atoms with Crippen molar-refractivity contribution in [1.82, 2.24) is 10.2 Å². The number of nitrogens with zero attached hydrogens (tertiary/aromatic N) is 1. The average Bonchev–Trinajstić information content (AvgIpc) is 2.02. The van der Waals surface area contributed by atoms with Gasteiger partial charge in [-0.05, 0) is 13.3 Å². The smallest absolute Gasteiger partial charge is 0.277 e. The first-order chi connectivity index (χ1) is 6.06. The molecule has 1 fully saturated rings. The lowest BCUT2D eigenvalue weighted by molar-refractivity contribution is -0.137. The zero-order valence-electron chi connectivity index (χ0n) is 7.66. The lowest BCUT2D eigenvalue weighted by atomic mass is 10.2. The summed E-state index contributed by atoms with van der Waals surface area (Å²) in [5, 5.41) is 2.10. The average molecular weight is 184 g/mol. The van der Waals surface area contributed by atoms with E-state index in [9.17, 15) is 14.4 Å². The number of carbonyl (C=O) groups is 3. The molecule has 0 spiro atoms. The summed E-state index contributed by atoms with van der Waals surface area (Å²) < 4.78 is 0.